The Kier molecular flexibility index (Phi) is 2.87. The molecule has 0 saturated carbocycles. The van der Waals surface area contributed by atoms with Gasteiger partial charge in [-0.3, -0.25) is 0 Å². The van der Waals surface area contributed by atoms with Crippen LogP contribution in [0.2, 0.25) is 0 Å². The average Bonchev–Trinajstić information content (AvgIpc) is 2.83. The summed E-state index contributed by atoms with van der Waals surface area (Å²) in [7, 11) is 1.82. The lowest BCUT2D eigenvalue weighted by molar-refractivity contribution is -0.687. The molecule has 0 radical (unpaired) electrons. The number of fused-ring (bicyclic) bond motifs is 1. The predicted molar refractivity (Wildman–Crippen MR) is 71.3 cm³/mol. The van der Waals surface area contributed by atoms with Crippen LogP contribution >= 0.6 is 0 Å². The Morgan fingerprint density at radius 1 is 1.26 bits per heavy atom. The van der Waals surface area contributed by atoms with Gasteiger partial charge in [-0.25, -0.2) is 9.37 Å². The number of pyridine rings is 1. The minimum absolute atomic E-state index is 0.212. The number of anilines is 1. The van der Waals surface area contributed by atoms with Gasteiger partial charge in [0.05, 0.1) is 0 Å². The summed E-state index contributed by atoms with van der Waals surface area (Å²) in [6, 6.07) is 8.49. The van der Waals surface area contributed by atoms with Crippen molar-refractivity contribution in [2.24, 2.45) is 0 Å². The van der Waals surface area contributed by atoms with Gasteiger partial charge in [0, 0.05) is 18.7 Å². The van der Waals surface area contributed by atoms with Crippen molar-refractivity contribution in [1.29, 1.82) is 0 Å². The van der Waals surface area contributed by atoms with Gasteiger partial charge in [0.2, 0.25) is 5.95 Å². The molecule has 0 aliphatic rings. The molecule has 3 rings (SSSR count). The number of benzene rings is 1. The van der Waals surface area contributed by atoms with E-state index in [1.807, 2.05) is 30.1 Å². The van der Waals surface area contributed by atoms with Crippen molar-refractivity contribution >= 4 is 17.0 Å². The highest BCUT2D eigenvalue weighted by molar-refractivity contribution is 5.75. The minimum atomic E-state index is -0.212. The smallest absolute Gasteiger partial charge is 0.201 e. The highest BCUT2D eigenvalue weighted by atomic mass is 19.1. The Hall–Kier alpha value is -2.43. The fraction of sp³-hybridized carbons (Fsp3) is 0.143. The van der Waals surface area contributed by atoms with Crippen molar-refractivity contribution in [3.05, 3.63) is 54.1 Å². The molecule has 0 bridgehead atoms. The molecule has 2 heterocycles. The van der Waals surface area contributed by atoms with Crippen molar-refractivity contribution in [3.63, 3.8) is 0 Å². The molecule has 0 saturated heterocycles. The lowest BCUT2D eigenvalue weighted by atomic mass is 10.2. The molecule has 0 spiro atoms. The van der Waals surface area contributed by atoms with E-state index in [0.717, 1.165) is 22.5 Å². The lowest BCUT2D eigenvalue weighted by Gasteiger charge is -1.97. The maximum absolute atomic E-state index is 12.8. The van der Waals surface area contributed by atoms with Crippen LogP contribution in [0.25, 0.3) is 11.0 Å². The Morgan fingerprint density at radius 3 is 2.79 bits per heavy atom. The average molecular weight is 257 g/mol. The first kappa shape index (κ1) is 11.6. The highest BCUT2D eigenvalue weighted by Gasteiger charge is 2.08. The third-order valence-electron chi connectivity index (χ3n) is 3.00. The SMILES string of the molecule is CNc1nc2cc[n+](Cc3ccc(F)cc3)cc2[nH]1. The summed E-state index contributed by atoms with van der Waals surface area (Å²) in [5.41, 5.74) is 2.94. The van der Waals surface area contributed by atoms with Crippen LogP contribution in [-0.4, -0.2) is 17.0 Å². The number of aromatic nitrogens is 3. The molecule has 4 nitrogen and oxygen atoms in total. The summed E-state index contributed by atoms with van der Waals surface area (Å²) in [6.07, 6.45) is 3.96. The van der Waals surface area contributed by atoms with E-state index in [2.05, 4.69) is 15.3 Å². The van der Waals surface area contributed by atoms with Gasteiger partial charge in [-0.15, -0.1) is 0 Å². The summed E-state index contributed by atoms with van der Waals surface area (Å²) in [4.78, 5) is 7.54. The maximum Gasteiger partial charge on any atom is 0.201 e. The Balaban J connectivity index is 1.90. The van der Waals surface area contributed by atoms with Gasteiger partial charge >= 0.3 is 0 Å². The van der Waals surface area contributed by atoms with Crippen LogP contribution < -0.4 is 9.88 Å². The molecule has 0 unspecified atom stereocenters. The summed E-state index contributed by atoms with van der Waals surface area (Å²) in [5.74, 6) is 0.533. The second-order valence-corrected chi connectivity index (χ2v) is 4.38. The van der Waals surface area contributed by atoms with E-state index < -0.39 is 0 Å². The van der Waals surface area contributed by atoms with Crippen LogP contribution in [0.5, 0.6) is 0 Å². The molecule has 0 aliphatic heterocycles. The van der Waals surface area contributed by atoms with Gasteiger partial charge in [-0.1, -0.05) is 0 Å². The summed E-state index contributed by atoms with van der Waals surface area (Å²) in [5, 5.41) is 2.97. The van der Waals surface area contributed by atoms with Crippen LogP contribution in [-0.2, 0) is 6.54 Å². The van der Waals surface area contributed by atoms with E-state index >= 15 is 0 Å². The summed E-state index contributed by atoms with van der Waals surface area (Å²) < 4.78 is 14.9. The van der Waals surface area contributed by atoms with Gasteiger partial charge < -0.3 is 10.3 Å². The van der Waals surface area contributed by atoms with Gasteiger partial charge in [-0.2, -0.15) is 4.57 Å². The Morgan fingerprint density at radius 2 is 2.05 bits per heavy atom. The molecule has 3 aromatic rings. The zero-order chi connectivity index (χ0) is 13.2. The zero-order valence-corrected chi connectivity index (χ0v) is 10.5. The number of H-pyrrole nitrogens is 1. The second-order valence-electron chi connectivity index (χ2n) is 4.38. The standard InChI is InChI=1S/C14H13FN4/c1-16-14-17-12-6-7-19(9-13(12)18-14)8-10-2-4-11(15)5-3-10/h2-7,9H,8H2,1H3,(H,16,18)/p+1. The largest absolute Gasteiger partial charge is 0.359 e. The van der Waals surface area contributed by atoms with Crippen molar-refractivity contribution in [2.45, 2.75) is 6.54 Å². The van der Waals surface area contributed by atoms with Gasteiger partial charge in [-0.05, 0) is 24.3 Å². The van der Waals surface area contributed by atoms with Crippen LogP contribution in [0.3, 0.4) is 0 Å². The minimum Gasteiger partial charge on any atom is -0.359 e. The topological polar surface area (TPSA) is 44.6 Å². The van der Waals surface area contributed by atoms with Crippen molar-refractivity contribution in [2.75, 3.05) is 12.4 Å². The van der Waals surface area contributed by atoms with Crippen LogP contribution in [0.15, 0.2) is 42.7 Å². The number of hydrogen-bond acceptors (Lipinski definition) is 2. The third-order valence-corrected chi connectivity index (χ3v) is 3.00. The predicted octanol–water partition coefficient (Wildman–Crippen LogP) is 2.08. The molecule has 96 valence electrons. The molecule has 5 heteroatoms. The lowest BCUT2D eigenvalue weighted by Crippen LogP contribution is -2.33. The van der Waals surface area contributed by atoms with Gasteiger partial charge in [0.25, 0.3) is 0 Å². The molecule has 2 N–H and O–H groups in total. The van der Waals surface area contributed by atoms with E-state index in [4.69, 9.17) is 0 Å². The molecule has 0 atom stereocenters. The monoisotopic (exact) mass is 257 g/mol. The fourth-order valence-electron chi connectivity index (χ4n) is 2.02. The van der Waals surface area contributed by atoms with Gasteiger partial charge in [0.1, 0.15) is 16.9 Å². The molecular weight excluding hydrogens is 243 g/mol. The van der Waals surface area contributed by atoms with E-state index in [1.54, 1.807) is 12.1 Å². The normalized spacial score (nSPS) is 10.8. The summed E-state index contributed by atoms with van der Waals surface area (Å²) in [6.45, 7) is 0.699. The van der Waals surface area contributed by atoms with Crippen molar-refractivity contribution in [1.82, 2.24) is 9.97 Å². The molecule has 0 aliphatic carbocycles. The molecule has 2 aromatic heterocycles. The van der Waals surface area contributed by atoms with Crippen LogP contribution in [0.4, 0.5) is 10.3 Å². The Bertz CT molecular complexity index is 703. The Labute approximate surface area is 109 Å². The summed E-state index contributed by atoms with van der Waals surface area (Å²) >= 11 is 0. The molecule has 1 aromatic carbocycles. The third kappa shape index (κ3) is 2.40. The first-order valence-corrected chi connectivity index (χ1v) is 6.05. The van der Waals surface area contributed by atoms with Crippen molar-refractivity contribution < 1.29 is 8.96 Å². The number of rotatable bonds is 3. The molecule has 0 fully saturated rings. The van der Waals surface area contributed by atoms with E-state index in [0.29, 0.717) is 6.54 Å². The number of hydrogen-bond donors (Lipinski definition) is 2. The quantitative estimate of drug-likeness (QED) is 0.706. The number of imidazole rings is 1. The number of nitrogens with zero attached hydrogens (tertiary/aromatic N) is 2. The van der Waals surface area contributed by atoms with Crippen LogP contribution in [0, 0.1) is 5.82 Å². The second kappa shape index (κ2) is 4.68. The maximum atomic E-state index is 12.8. The first-order valence-electron chi connectivity index (χ1n) is 6.05. The fourth-order valence-corrected chi connectivity index (χ4v) is 2.02. The number of aromatic amines is 1. The number of halogens is 1. The van der Waals surface area contributed by atoms with E-state index in [-0.39, 0.29) is 5.82 Å². The number of nitrogens with one attached hydrogen (secondary N) is 2. The van der Waals surface area contributed by atoms with Crippen molar-refractivity contribution in [3.8, 4) is 0 Å². The molecule has 0 amide bonds. The highest BCUT2D eigenvalue weighted by Crippen LogP contribution is 2.11. The molecular formula is C14H14FN4+. The first-order chi connectivity index (χ1) is 9.24. The van der Waals surface area contributed by atoms with Gasteiger partial charge in [0.15, 0.2) is 18.9 Å². The zero-order valence-electron chi connectivity index (χ0n) is 10.5. The van der Waals surface area contributed by atoms with E-state index in [9.17, 15) is 4.39 Å². The van der Waals surface area contributed by atoms with Crippen LogP contribution in [0.1, 0.15) is 5.56 Å². The molecule has 19 heavy (non-hydrogen) atoms. The van der Waals surface area contributed by atoms with E-state index in [1.165, 1.54) is 12.1 Å².